The quantitative estimate of drug-likeness (QED) is 0.657. The standard InChI is InChI=1S/C16H15F4N/c1-3-21-16(10-6-4-5-9(2)13(10)18)11-7-8-12(17)15(20)14(11)19/h4-8,16,21H,3H2,1-2H3. The largest absolute Gasteiger partial charge is 0.306 e. The Morgan fingerprint density at radius 3 is 2.24 bits per heavy atom. The van der Waals surface area contributed by atoms with Gasteiger partial charge in [0.1, 0.15) is 5.82 Å². The van der Waals surface area contributed by atoms with Gasteiger partial charge in [0.25, 0.3) is 0 Å². The van der Waals surface area contributed by atoms with Crippen LogP contribution >= 0.6 is 0 Å². The number of aryl methyl sites for hydroxylation is 1. The van der Waals surface area contributed by atoms with E-state index in [9.17, 15) is 17.6 Å². The molecule has 0 aliphatic carbocycles. The van der Waals surface area contributed by atoms with E-state index < -0.39 is 29.3 Å². The molecule has 112 valence electrons. The van der Waals surface area contributed by atoms with Crippen molar-refractivity contribution in [2.75, 3.05) is 6.54 Å². The molecule has 0 aliphatic rings. The number of benzene rings is 2. The van der Waals surface area contributed by atoms with Crippen molar-refractivity contribution in [1.29, 1.82) is 0 Å². The molecule has 0 bridgehead atoms. The van der Waals surface area contributed by atoms with E-state index in [1.807, 2.05) is 0 Å². The molecule has 1 N–H and O–H groups in total. The Labute approximate surface area is 120 Å². The zero-order valence-electron chi connectivity index (χ0n) is 11.7. The van der Waals surface area contributed by atoms with E-state index in [2.05, 4.69) is 5.32 Å². The van der Waals surface area contributed by atoms with E-state index in [0.717, 1.165) is 12.1 Å². The second-order valence-corrected chi connectivity index (χ2v) is 4.73. The van der Waals surface area contributed by atoms with Crippen molar-refractivity contribution in [3.8, 4) is 0 Å². The first-order valence-electron chi connectivity index (χ1n) is 6.59. The summed E-state index contributed by atoms with van der Waals surface area (Å²) in [5, 5.41) is 2.90. The minimum absolute atomic E-state index is 0.125. The van der Waals surface area contributed by atoms with E-state index in [1.54, 1.807) is 26.0 Å². The van der Waals surface area contributed by atoms with E-state index in [1.165, 1.54) is 6.07 Å². The molecule has 0 saturated heterocycles. The third-order valence-corrected chi connectivity index (χ3v) is 3.32. The lowest BCUT2D eigenvalue weighted by Crippen LogP contribution is -2.24. The molecule has 2 aromatic carbocycles. The first kappa shape index (κ1) is 15.5. The molecule has 0 radical (unpaired) electrons. The van der Waals surface area contributed by atoms with Crippen LogP contribution in [0.4, 0.5) is 17.6 Å². The van der Waals surface area contributed by atoms with E-state index in [0.29, 0.717) is 12.1 Å². The molecule has 1 unspecified atom stereocenters. The highest BCUT2D eigenvalue weighted by Gasteiger charge is 2.24. The molecule has 2 rings (SSSR count). The predicted octanol–water partition coefficient (Wildman–Crippen LogP) is 4.25. The van der Waals surface area contributed by atoms with Gasteiger partial charge in [0.15, 0.2) is 17.5 Å². The highest BCUT2D eigenvalue weighted by molar-refractivity contribution is 5.36. The maximum absolute atomic E-state index is 14.2. The van der Waals surface area contributed by atoms with Crippen LogP contribution in [0.3, 0.4) is 0 Å². The van der Waals surface area contributed by atoms with Gasteiger partial charge in [-0.2, -0.15) is 0 Å². The van der Waals surface area contributed by atoms with Crippen LogP contribution in [0.15, 0.2) is 30.3 Å². The summed E-state index contributed by atoms with van der Waals surface area (Å²) in [6, 6.07) is 5.80. The van der Waals surface area contributed by atoms with Crippen molar-refractivity contribution >= 4 is 0 Å². The molecule has 5 heteroatoms. The van der Waals surface area contributed by atoms with Crippen LogP contribution in [0.2, 0.25) is 0 Å². The normalized spacial score (nSPS) is 12.5. The number of hydrogen-bond acceptors (Lipinski definition) is 1. The van der Waals surface area contributed by atoms with Crippen LogP contribution in [0, 0.1) is 30.2 Å². The average molecular weight is 297 g/mol. The number of rotatable bonds is 4. The average Bonchev–Trinajstić information content (AvgIpc) is 2.46. The second kappa shape index (κ2) is 6.26. The van der Waals surface area contributed by atoms with Crippen molar-refractivity contribution in [1.82, 2.24) is 5.32 Å². The lowest BCUT2D eigenvalue weighted by Gasteiger charge is -2.21. The molecule has 0 aromatic heterocycles. The molecule has 0 saturated carbocycles. The summed E-state index contributed by atoms with van der Waals surface area (Å²) >= 11 is 0. The summed E-state index contributed by atoms with van der Waals surface area (Å²) in [5.74, 6) is -4.62. The van der Waals surface area contributed by atoms with Crippen LogP contribution < -0.4 is 5.32 Å². The molecule has 1 atom stereocenters. The summed E-state index contributed by atoms with van der Waals surface area (Å²) in [6.07, 6.45) is 0. The molecular weight excluding hydrogens is 282 g/mol. The molecule has 0 spiro atoms. The maximum Gasteiger partial charge on any atom is 0.194 e. The van der Waals surface area contributed by atoms with Crippen molar-refractivity contribution in [3.63, 3.8) is 0 Å². The third-order valence-electron chi connectivity index (χ3n) is 3.32. The molecule has 0 aliphatic heterocycles. The van der Waals surface area contributed by atoms with E-state index in [-0.39, 0.29) is 11.1 Å². The minimum atomic E-state index is -1.55. The van der Waals surface area contributed by atoms with Crippen LogP contribution in [0.5, 0.6) is 0 Å². The first-order valence-corrected chi connectivity index (χ1v) is 6.59. The molecule has 1 nitrogen and oxygen atoms in total. The zero-order chi connectivity index (χ0) is 15.6. The van der Waals surface area contributed by atoms with E-state index in [4.69, 9.17) is 0 Å². The Hall–Kier alpha value is -1.88. The van der Waals surface area contributed by atoms with Gasteiger partial charge in [-0.1, -0.05) is 31.2 Å². The van der Waals surface area contributed by atoms with Gasteiger partial charge in [-0.25, -0.2) is 17.6 Å². The Morgan fingerprint density at radius 2 is 1.57 bits per heavy atom. The van der Waals surface area contributed by atoms with Gasteiger partial charge in [-0.05, 0) is 25.1 Å². The van der Waals surface area contributed by atoms with Crippen LogP contribution in [0.25, 0.3) is 0 Å². The number of hydrogen-bond donors (Lipinski definition) is 1. The molecular formula is C16H15F4N. The van der Waals surface area contributed by atoms with Crippen LogP contribution in [0.1, 0.15) is 29.7 Å². The highest BCUT2D eigenvalue weighted by atomic mass is 19.2. The zero-order valence-corrected chi connectivity index (χ0v) is 11.7. The van der Waals surface area contributed by atoms with Crippen molar-refractivity contribution in [2.45, 2.75) is 19.9 Å². The van der Waals surface area contributed by atoms with Gasteiger partial charge in [-0.15, -0.1) is 0 Å². The molecule has 0 heterocycles. The summed E-state index contributed by atoms with van der Waals surface area (Å²) in [6.45, 7) is 3.76. The lowest BCUT2D eigenvalue weighted by molar-refractivity contribution is 0.431. The topological polar surface area (TPSA) is 12.0 Å². The summed E-state index contributed by atoms with van der Waals surface area (Å²) < 4.78 is 54.7. The Balaban J connectivity index is 2.59. The summed E-state index contributed by atoms with van der Waals surface area (Å²) in [5.41, 5.74) is 0.473. The third kappa shape index (κ3) is 2.93. The fourth-order valence-corrected chi connectivity index (χ4v) is 2.25. The molecule has 0 amide bonds. The predicted molar refractivity (Wildman–Crippen MR) is 73.0 cm³/mol. The lowest BCUT2D eigenvalue weighted by atomic mass is 9.96. The van der Waals surface area contributed by atoms with Gasteiger partial charge in [0.2, 0.25) is 0 Å². The van der Waals surface area contributed by atoms with Crippen molar-refractivity contribution < 1.29 is 17.6 Å². The number of halogens is 4. The fraction of sp³-hybridized carbons (Fsp3) is 0.250. The molecule has 2 aromatic rings. The van der Waals surface area contributed by atoms with Crippen LogP contribution in [-0.4, -0.2) is 6.54 Å². The van der Waals surface area contributed by atoms with Crippen LogP contribution in [-0.2, 0) is 0 Å². The van der Waals surface area contributed by atoms with Gasteiger partial charge >= 0.3 is 0 Å². The van der Waals surface area contributed by atoms with E-state index >= 15 is 0 Å². The first-order chi connectivity index (χ1) is 9.97. The second-order valence-electron chi connectivity index (χ2n) is 4.73. The van der Waals surface area contributed by atoms with Crippen molar-refractivity contribution in [3.05, 3.63) is 70.3 Å². The number of nitrogens with one attached hydrogen (secondary N) is 1. The summed E-state index contributed by atoms with van der Waals surface area (Å²) in [7, 11) is 0. The molecule has 21 heavy (non-hydrogen) atoms. The Kier molecular flexibility index (Phi) is 4.63. The monoisotopic (exact) mass is 297 g/mol. The SMILES string of the molecule is CCNC(c1cccc(C)c1F)c1ccc(F)c(F)c1F. The van der Waals surface area contributed by atoms with Gasteiger partial charge < -0.3 is 5.32 Å². The van der Waals surface area contributed by atoms with Gasteiger partial charge in [-0.3, -0.25) is 0 Å². The minimum Gasteiger partial charge on any atom is -0.306 e. The fourth-order valence-electron chi connectivity index (χ4n) is 2.25. The van der Waals surface area contributed by atoms with Gasteiger partial charge in [0, 0.05) is 11.1 Å². The van der Waals surface area contributed by atoms with Gasteiger partial charge in [0.05, 0.1) is 6.04 Å². The van der Waals surface area contributed by atoms with Crippen molar-refractivity contribution in [2.24, 2.45) is 0 Å². The summed E-state index contributed by atoms with van der Waals surface area (Å²) in [4.78, 5) is 0. The Morgan fingerprint density at radius 1 is 0.905 bits per heavy atom. The molecule has 0 fully saturated rings. The smallest absolute Gasteiger partial charge is 0.194 e. The maximum atomic E-state index is 14.2. The Bertz CT molecular complexity index is 655. The highest BCUT2D eigenvalue weighted by Crippen LogP contribution is 2.29.